The molecule has 0 aliphatic heterocycles. The molecule has 4 heteroatoms. The number of carbonyl (C=O) groups is 1. The van der Waals surface area contributed by atoms with E-state index in [9.17, 15) is 4.79 Å². The lowest BCUT2D eigenvalue weighted by atomic mass is 10.4. The quantitative estimate of drug-likeness (QED) is 0.552. The second-order valence-electron chi connectivity index (χ2n) is 2.37. The van der Waals surface area contributed by atoms with Crippen molar-refractivity contribution in [2.45, 2.75) is 6.92 Å². The second kappa shape index (κ2) is 4.68. The predicted molar refractivity (Wildman–Crippen MR) is 54.8 cm³/mol. The Morgan fingerprint density at radius 3 is 2.71 bits per heavy atom. The molecular weight excluding hydrogens is 200 g/mol. The molecule has 14 heavy (non-hydrogen) atoms. The molecule has 0 aromatic carbocycles. The third-order valence-corrected chi connectivity index (χ3v) is 2.55. The van der Waals surface area contributed by atoms with Crippen molar-refractivity contribution in [2.24, 2.45) is 0 Å². The van der Waals surface area contributed by atoms with Crippen molar-refractivity contribution in [2.75, 3.05) is 14.2 Å². The average Bonchev–Trinajstić information content (AvgIpc) is 2.60. The summed E-state index contributed by atoms with van der Waals surface area (Å²) in [5.41, 5.74) is 0. The van der Waals surface area contributed by atoms with Crippen LogP contribution in [0.1, 0.15) is 21.5 Å². The van der Waals surface area contributed by atoms with E-state index < -0.39 is 5.97 Å². The summed E-state index contributed by atoms with van der Waals surface area (Å²) in [6.07, 6.45) is 0. The van der Waals surface area contributed by atoms with Crippen molar-refractivity contribution in [3.05, 3.63) is 15.8 Å². The van der Waals surface area contributed by atoms with E-state index in [-0.39, 0.29) is 0 Å². The zero-order valence-electron chi connectivity index (χ0n) is 8.21. The minimum absolute atomic E-state index is 0.393. The van der Waals surface area contributed by atoms with Crippen molar-refractivity contribution in [3.8, 4) is 17.6 Å². The number of esters is 1. The van der Waals surface area contributed by atoms with Gasteiger partial charge in [0.1, 0.15) is 5.75 Å². The van der Waals surface area contributed by atoms with Crippen LogP contribution in [0.15, 0.2) is 6.07 Å². The van der Waals surface area contributed by atoms with Crippen LogP contribution in [0.3, 0.4) is 0 Å². The Balaban J connectivity index is 3.12. The van der Waals surface area contributed by atoms with Crippen LogP contribution in [0.5, 0.6) is 5.75 Å². The first-order valence-electron chi connectivity index (χ1n) is 3.91. The zero-order chi connectivity index (χ0) is 10.6. The maximum Gasteiger partial charge on any atom is 0.351 e. The summed E-state index contributed by atoms with van der Waals surface area (Å²) in [5, 5.41) is 0. The molecule has 0 aliphatic carbocycles. The lowest BCUT2D eigenvalue weighted by Crippen LogP contribution is -1.99. The third-order valence-electron chi connectivity index (χ3n) is 1.54. The summed E-state index contributed by atoms with van der Waals surface area (Å²) in [4.78, 5) is 12.5. The number of ether oxygens (including phenoxy) is 2. The number of hydrogen-bond acceptors (Lipinski definition) is 4. The van der Waals surface area contributed by atoms with E-state index in [4.69, 9.17) is 4.74 Å². The maximum atomic E-state index is 11.3. The molecular formula is C10H10O3S. The topological polar surface area (TPSA) is 35.5 Å². The standard InChI is InChI=1S/C10H10O3S/c1-4-5-7-6-8(12-2)9(14-7)10(11)13-3/h6H,1-3H3. The molecule has 1 aromatic heterocycles. The van der Waals surface area contributed by atoms with Crippen molar-refractivity contribution >= 4 is 17.3 Å². The summed E-state index contributed by atoms with van der Waals surface area (Å²) in [5.74, 6) is 5.74. The van der Waals surface area contributed by atoms with Crippen molar-refractivity contribution in [1.82, 2.24) is 0 Å². The number of rotatable bonds is 2. The molecule has 0 radical (unpaired) electrons. The van der Waals surface area contributed by atoms with Gasteiger partial charge in [-0.05, 0) is 6.92 Å². The van der Waals surface area contributed by atoms with E-state index in [0.29, 0.717) is 10.6 Å². The molecule has 3 nitrogen and oxygen atoms in total. The first kappa shape index (κ1) is 10.6. The first-order valence-corrected chi connectivity index (χ1v) is 4.73. The molecule has 0 unspecified atom stereocenters. The molecule has 0 amide bonds. The largest absolute Gasteiger partial charge is 0.495 e. The lowest BCUT2D eigenvalue weighted by Gasteiger charge is -1.98. The molecule has 0 saturated heterocycles. The Hall–Kier alpha value is -1.47. The van der Waals surface area contributed by atoms with Gasteiger partial charge in [0.25, 0.3) is 0 Å². The summed E-state index contributed by atoms with van der Waals surface area (Å²) in [6, 6.07) is 1.73. The normalized spacial score (nSPS) is 8.79. The average molecular weight is 210 g/mol. The van der Waals surface area contributed by atoms with Crippen LogP contribution < -0.4 is 4.74 Å². The van der Waals surface area contributed by atoms with Gasteiger partial charge in [-0.1, -0.05) is 5.92 Å². The highest BCUT2D eigenvalue weighted by Gasteiger charge is 2.16. The van der Waals surface area contributed by atoms with E-state index in [1.807, 2.05) is 0 Å². The molecule has 74 valence electrons. The Bertz CT molecular complexity index is 395. The highest BCUT2D eigenvalue weighted by atomic mass is 32.1. The molecule has 1 heterocycles. The number of hydrogen-bond donors (Lipinski definition) is 0. The van der Waals surface area contributed by atoms with Gasteiger partial charge in [0.2, 0.25) is 0 Å². The fourth-order valence-electron chi connectivity index (χ4n) is 0.946. The van der Waals surface area contributed by atoms with Gasteiger partial charge < -0.3 is 9.47 Å². The molecule has 1 aromatic rings. The second-order valence-corrected chi connectivity index (χ2v) is 3.43. The van der Waals surface area contributed by atoms with E-state index in [1.54, 1.807) is 13.0 Å². The molecule has 0 atom stereocenters. The smallest absolute Gasteiger partial charge is 0.351 e. The monoisotopic (exact) mass is 210 g/mol. The minimum Gasteiger partial charge on any atom is -0.495 e. The summed E-state index contributed by atoms with van der Waals surface area (Å²) >= 11 is 1.27. The van der Waals surface area contributed by atoms with Gasteiger partial charge in [-0.15, -0.1) is 17.3 Å². The molecule has 0 spiro atoms. The first-order chi connectivity index (χ1) is 6.72. The summed E-state index contributed by atoms with van der Waals surface area (Å²) < 4.78 is 9.65. The van der Waals surface area contributed by atoms with E-state index in [1.165, 1.54) is 25.6 Å². The lowest BCUT2D eigenvalue weighted by molar-refractivity contribution is 0.0603. The van der Waals surface area contributed by atoms with Gasteiger partial charge in [0.15, 0.2) is 4.88 Å². The van der Waals surface area contributed by atoms with Crippen molar-refractivity contribution in [3.63, 3.8) is 0 Å². The van der Waals surface area contributed by atoms with E-state index >= 15 is 0 Å². The highest BCUT2D eigenvalue weighted by molar-refractivity contribution is 7.14. The molecule has 1 rings (SSSR count). The third kappa shape index (κ3) is 2.06. The predicted octanol–water partition coefficient (Wildman–Crippen LogP) is 1.91. The van der Waals surface area contributed by atoms with Crippen molar-refractivity contribution in [1.29, 1.82) is 0 Å². The molecule has 0 bridgehead atoms. The minimum atomic E-state index is -0.393. The van der Waals surface area contributed by atoms with Crippen LogP contribution in [-0.2, 0) is 4.74 Å². The van der Waals surface area contributed by atoms with Gasteiger partial charge >= 0.3 is 5.97 Å². The van der Waals surface area contributed by atoms with Gasteiger partial charge in [-0.2, -0.15) is 0 Å². The number of carbonyl (C=O) groups excluding carboxylic acids is 1. The molecule has 0 N–H and O–H groups in total. The van der Waals surface area contributed by atoms with Gasteiger partial charge in [0.05, 0.1) is 19.1 Å². The van der Waals surface area contributed by atoms with E-state index in [0.717, 1.165) is 4.88 Å². The van der Waals surface area contributed by atoms with Crippen LogP contribution in [0, 0.1) is 11.8 Å². The fraction of sp³-hybridized carbons (Fsp3) is 0.300. The van der Waals surface area contributed by atoms with Crippen molar-refractivity contribution < 1.29 is 14.3 Å². The Kier molecular flexibility index (Phi) is 3.55. The van der Waals surface area contributed by atoms with Crippen LogP contribution in [0.25, 0.3) is 0 Å². The van der Waals surface area contributed by atoms with Crippen LogP contribution >= 0.6 is 11.3 Å². The van der Waals surface area contributed by atoms with Crippen LogP contribution in [0.2, 0.25) is 0 Å². The van der Waals surface area contributed by atoms with Gasteiger partial charge in [-0.25, -0.2) is 4.79 Å². The van der Waals surface area contributed by atoms with Gasteiger partial charge in [0, 0.05) is 6.07 Å². The summed E-state index contributed by atoms with van der Waals surface area (Å²) in [7, 11) is 2.85. The Labute approximate surface area is 86.6 Å². The van der Waals surface area contributed by atoms with Gasteiger partial charge in [-0.3, -0.25) is 0 Å². The SMILES string of the molecule is CC#Cc1cc(OC)c(C(=O)OC)s1. The van der Waals surface area contributed by atoms with E-state index in [2.05, 4.69) is 16.6 Å². The summed E-state index contributed by atoms with van der Waals surface area (Å²) in [6.45, 7) is 1.74. The fourth-order valence-corrected chi connectivity index (χ4v) is 1.89. The molecule has 0 saturated carbocycles. The van der Waals surface area contributed by atoms with Crippen LogP contribution in [-0.4, -0.2) is 20.2 Å². The number of methoxy groups -OCH3 is 2. The molecule has 0 fully saturated rings. The highest BCUT2D eigenvalue weighted by Crippen LogP contribution is 2.29. The maximum absolute atomic E-state index is 11.3. The Morgan fingerprint density at radius 2 is 2.21 bits per heavy atom. The van der Waals surface area contributed by atoms with Crippen LogP contribution in [0.4, 0.5) is 0 Å². The Morgan fingerprint density at radius 1 is 1.50 bits per heavy atom. The zero-order valence-corrected chi connectivity index (χ0v) is 9.03. The number of thiophene rings is 1. The molecule has 0 aliphatic rings.